The maximum absolute atomic E-state index is 4.30. The summed E-state index contributed by atoms with van der Waals surface area (Å²) < 4.78 is 1.05. The van der Waals surface area contributed by atoms with Gasteiger partial charge >= 0.3 is 0 Å². The van der Waals surface area contributed by atoms with Crippen molar-refractivity contribution in [1.29, 1.82) is 0 Å². The largest absolute Gasteiger partial charge is 0.245 e. The highest BCUT2D eigenvalue weighted by molar-refractivity contribution is 9.10. The first kappa shape index (κ1) is 15.1. The van der Waals surface area contributed by atoms with E-state index >= 15 is 0 Å². The number of anilines is 1. The van der Waals surface area contributed by atoms with Crippen LogP contribution in [0, 0.1) is 0 Å². The average molecular weight is 354 g/mol. The molecule has 0 aliphatic rings. The SMILES string of the molecule is CCCSc1n[nH]c(N/N=C(\C)c2ccc(Br)cc2)n1. The van der Waals surface area contributed by atoms with Gasteiger partial charge in [0.15, 0.2) is 0 Å². The lowest BCUT2D eigenvalue weighted by atomic mass is 10.1. The van der Waals surface area contributed by atoms with Crippen LogP contribution >= 0.6 is 27.7 Å². The molecular formula is C13H16BrN5S. The van der Waals surface area contributed by atoms with Crippen molar-refractivity contribution in [2.75, 3.05) is 11.2 Å². The van der Waals surface area contributed by atoms with Crippen LogP contribution in [0.1, 0.15) is 25.8 Å². The van der Waals surface area contributed by atoms with E-state index in [1.54, 1.807) is 11.8 Å². The van der Waals surface area contributed by atoms with Gasteiger partial charge in [-0.25, -0.2) is 10.5 Å². The molecule has 5 nitrogen and oxygen atoms in total. The second kappa shape index (κ2) is 7.44. The first-order valence-corrected chi connectivity index (χ1v) is 8.08. The first-order chi connectivity index (χ1) is 9.69. The normalized spacial score (nSPS) is 11.7. The van der Waals surface area contributed by atoms with Crippen molar-refractivity contribution in [3.63, 3.8) is 0 Å². The van der Waals surface area contributed by atoms with Crippen LogP contribution in [0.3, 0.4) is 0 Å². The van der Waals surface area contributed by atoms with Gasteiger partial charge < -0.3 is 0 Å². The Hall–Kier alpha value is -1.34. The molecule has 0 amide bonds. The molecule has 0 radical (unpaired) electrons. The maximum atomic E-state index is 4.30. The number of hydrogen-bond donors (Lipinski definition) is 2. The lowest BCUT2D eigenvalue weighted by molar-refractivity contribution is 0.968. The van der Waals surface area contributed by atoms with Gasteiger partial charge in [0, 0.05) is 10.2 Å². The van der Waals surface area contributed by atoms with Gasteiger partial charge in [-0.05, 0) is 31.0 Å². The minimum atomic E-state index is 0.556. The van der Waals surface area contributed by atoms with E-state index in [9.17, 15) is 0 Å². The summed E-state index contributed by atoms with van der Waals surface area (Å²) in [5.41, 5.74) is 4.83. The molecule has 0 unspecified atom stereocenters. The van der Waals surface area contributed by atoms with Crippen molar-refractivity contribution < 1.29 is 0 Å². The molecule has 0 spiro atoms. The highest BCUT2D eigenvalue weighted by Gasteiger charge is 2.02. The Labute approximate surface area is 130 Å². The summed E-state index contributed by atoms with van der Waals surface area (Å²) in [5, 5.41) is 12.0. The number of benzene rings is 1. The lowest BCUT2D eigenvalue weighted by Crippen LogP contribution is -2.00. The van der Waals surface area contributed by atoms with E-state index in [-0.39, 0.29) is 0 Å². The monoisotopic (exact) mass is 353 g/mol. The first-order valence-electron chi connectivity index (χ1n) is 6.30. The molecule has 0 saturated carbocycles. The average Bonchev–Trinajstić information content (AvgIpc) is 2.91. The fraction of sp³-hybridized carbons (Fsp3) is 0.308. The minimum absolute atomic E-state index is 0.556. The highest BCUT2D eigenvalue weighted by Crippen LogP contribution is 2.15. The van der Waals surface area contributed by atoms with Crippen LogP contribution in [0.5, 0.6) is 0 Å². The number of nitrogens with zero attached hydrogens (tertiary/aromatic N) is 3. The summed E-state index contributed by atoms with van der Waals surface area (Å²) in [6.07, 6.45) is 1.10. The van der Waals surface area contributed by atoms with Gasteiger partial charge in [-0.2, -0.15) is 10.1 Å². The fourth-order valence-electron chi connectivity index (χ4n) is 1.45. The number of thioether (sulfide) groups is 1. The number of aromatic amines is 1. The zero-order chi connectivity index (χ0) is 14.4. The Kier molecular flexibility index (Phi) is 5.60. The van der Waals surface area contributed by atoms with Gasteiger partial charge in [-0.1, -0.05) is 46.7 Å². The number of hydrogen-bond acceptors (Lipinski definition) is 5. The van der Waals surface area contributed by atoms with Crippen molar-refractivity contribution in [3.8, 4) is 0 Å². The number of halogens is 1. The van der Waals surface area contributed by atoms with Crippen molar-refractivity contribution >= 4 is 39.4 Å². The Morgan fingerprint density at radius 2 is 2.15 bits per heavy atom. The zero-order valence-corrected chi connectivity index (χ0v) is 13.8. The molecule has 1 aromatic carbocycles. The predicted molar refractivity (Wildman–Crippen MR) is 87.4 cm³/mol. The van der Waals surface area contributed by atoms with Crippen LogP contribution in [0.2, 0.25) is 0 Å². The molecule has 7 heteroatoms. The molecule has 2 aromatic rings. The van der Waals surface area contributed by atoms with Gasteiger partial charge in [-0.3, -0.25) is 0 Å². The van der Waals surface area contributed by atoms with Gasteiger partial charge in [-0.15, -0.1) is 5.10 Å². The molecule has 106 valence electrons. The summed E-state index contributed by atoms with van der Waals surface area (Å²) in [7, 11) is 0. The van der Waals surface area contributed by atoms with Gasteiger partial charge in [0.2, 0.25) is 11.1 Å². The summed E-state index contributed by atoms with van der Waals surface area (Å²) in [6, 6.07) is 7.99. The summed E-state index contributed by atoms with van der Waals surface area (Å²) >= 11 is 5.04. The molecule has 20 heavy (non-hydrogen) atoms. The predicted octanol–water partition coefficient (Wildman–Crippen LogP) is 3.91. The molecule has 0 fully saturated rings. The van der Waals surface area contributed by atoms with Crippen molar-refractivity contribution in [1.82, 2.24) is 15.2 Å². The third-order valence-electron chi connectivity index (χ3n) is 2.49. The highest BCUT2D eigenvalue weighted by atomic mass is 79.9. The van der Waals surface area contributed by atoms with Crippen LogP contribution in [0.25, 0.3) is 0 Å². The van der Waals surface area contributed by atoms with Crippen LogP contribution in [-0.2, 0) is 0 Å². The Bertz CT molecular complexity index is 579. The van der Waals surface area contributed by atoms with Crippen LogP contribution in [0.4, 0.5) is 5.95 Å². The Morgan fingerprint density at radius 1 is 1.40 bits per heavy atom. The van der Waals surface area contributed by atoms with E-state index in [2.05, 4.69) is 48.6 Å². The maximum Gasteiger partial charge on any atom is 0.240 e. The third-order valence-corrected chi connectivity index (χ3v) is 4.07. The minimum Gasteiger partial charge on any atom is -0.245 e. The lowest BCUT2D eigenvalue weighted by Gasteiger charge is -2.01. The molecule has 0 bridgehead atoms. The number of rotatable bonds is 6. The van der Waals surface area contributed by atoms with Crippen molar-refractivity contribution in [2.45, 2.75) is 25.4 Å². The third kappa shape index (κ3) is 4.35. The smallest absolute Gasteiger partial charge is 0.240 e. The standard InChI is InChI=1S/C13H16BrN5S/c1-3-8-20-13-15-12(18-19-13)17-16-9(2)10-4-6-11(14)7-5-10/h4-7H,3,8H2,1-2H3,(H2,15,17,18,19)/b16-9+. The van der Waals surface area contributed by atoms with Gasteiger partial charge in [0.25, 0.3) is 0 Å². The number of aromatic nitrogens is 3. The van der Waals surface area contributed by atoms with Crippen molar-refractivity contribution in [3.05, 3.63) is 34.3 Å². The number of nitrogens with one attached hydrogen (secondary N) is 2. The number of hydrazone groups is 1. The second-order valence-electron chi connectivity index (χ2n) is 4.13. The van der Waals surface area contributed by atoms with Crippen molar-refractivity contribution in [2.24, 2.45) is 5.10 Å². The molecule has 0 atom stereocenters. The van der Waals surface area contributed by atoms with Gasteiger partial charge in [0.05, 0.1) is 5.71 Å². The quantitative estimate of drug-likeness (QED) is 0.469. The second-order valence-corrected chi connectivity index (χ2v) is 6.11. The topological polar surface area (TPSA) is 66.0 Å². The van der Waals surface area contributed by atoms with E-state index in [1.807, 2.05) is 31.2 Å². The van der Waals surface area contributed by atoms with E-state index in [0.29, 0.717) is 5.95 Å². The molecule has 2 N–H and O–H groups in total. The molecule has 0 saturated heterocycles. The molecule has 1 heterocycles. The van der Waals surface area contributed by atoms with E-state index in [1.165, 1.54) is 0 Å². The zero-order valence-electron chi connectivity index (χ0n) is 11.4. The molecule has 1 aromatic heterocycles. The van der Waals surface area contributed by atoms with E-state index in [0.717, 1.165) is 33.1 Å². The Morgan fingerprint density at radius 3 is 2.85 bits per heavy atom. The molecule has 0 aliphatic heterocycles. The van der Waals surface area contributed by atoms with Gasteiger partial charge in [0.1, 0.15) is 0 Å². The summed E-state index contributed by atoms with van der Waals surface area (Å²) in [5.74, 6) is 1.57. The Balaban J connectivity index is 1.97. The molecule has 2 rings (SSSR count). The number of H-pyrrole nitrogens is 1. The molecule has 0 aliphatic carbocycles. The van der Waals surface area contributed by atoms with E-state index in [4.69, 9.17) is 0 Å². The summed E-state index contributed by atoms with van der Waals surface area (Å²) in [6.45, 7) is 4.07. The van der Waals surface area contributed by atoms with Crippen LogP contribution in [-0.4, -0.2) is 26.6 Å². The fourth-order valence-corrected chi connectivity index (χ4v) is 2.36. The molecular weight excluding hydrogens is 338 g/mol. The van der Waals surface area contributed by atoms with Crippen LogP contribution in [0.15, 0.2) is 39.0 Å². The summed E-state index contributed by atoms with van der Waals surface area (Å²) in [4.78, 5) is 4.30. The van der Waals surface area contributed by atoms with E-state index < -0.39 is 0 Å². The van der Waals surface area contributed by atoms with Crippen LogP contribution < -0.4 is 5.43 Å².